The fourth-order valence-electron chi connectivity index (χ4n) is 3.51. The number of amides is 3. The highest BCUT2D eigenvalue weighted by molar-refractivity contribution is 6.01. The maximum atomic E-state index is 13.2. The van der Waals surface area contributed by atoms with Crippen molar-refractivity contribution in [3.8, 4) is 11.5 Å². The molecule has 0 aliphatic rings. The fourth-order valence-corrected chi connectivity index (χ4v) is 3.51. The van der Waals surface area contributed by atoms with Gasteiger partial charge in [-0.05, 0) is 67.4 Å². The van der Waals surface area contributed by atoms with Crippen molar-refractivity contribution < 1.29 is 14.3 Å². The zero-order chi connectivity index (χ0) is 24.2. The third-order valence-electron chi connectivity index (χ3n) is 5.31. The number of aryl methyl sites for hydroxylation is 1. The first-order valence-electron chi connectivity index (χ1n) is 11.8. The Morgan fingerprint density at radius 2 is 1.62 bits per heavy atom. The van der Waals surface area contributed by atoms with Crippen molar-refractivity contribution in [1.82, 2.24) is 5.32 Å². The number of carbonyl (C=O) groups is 2. The average molecular weight is 460 g/mol. The standard InChI is InChI=1S/C28H33N3O3/c1-3-4-6-14-27(32)29-19-20-31(28(33)30-23-11-9-10-22(2)21-23)24-15-17-26(18-16-24)34-25-12-7-5-8-13-25/h5,7-13,15-18,21H,3-4,6,14,19-20H2,1-2H3,(H,29,32)(H,30,33). The number of unbranched alkanes of at least 4 members (excludes halogenated alkanes) is 2. The van der Waals surface area contributed by atoms with Crippen LogP contribution in [-0.2, 0) is 4.79 Å². The summed E-state index contributed by atoms with van der Waals surface area (Å²) < 4.78 is 5.87. The van der Waals surface area contributed by atoms with E-state index >= 15 is 0 Å². The number of nitrogens with one attached hydrogen (secondary N) is 2. The van der Waals surface area contributed by atoms with Gasteiger partial charge in [0.2, 0.25) is 5.91 Å². The minimum atomic E-state index is -0.262. The van der Waals surface area contributed by atoms with Gasteiger partial charge >= 0.3 is 6.03 Å². The summed E-state index contributed by atoms with van der Waals surface area (Å²) in [6.45, 7) is 4.80. The summed E-state index contributed by atoms with van der Waals surface area (Å²) in [5, 5.41) is 5.89. The Labute approximate surface area is 201 Å². The van der Waals surface area contributed by atoms with Gasteiger partial charge in [-0.3, -0.25) is 9.69 Å². The molecule has 0 saturated carbocycles. The van der Waals surface area contributed by atoms with Gasteiger partial charge in [-0.2, -0.15) is 0 Å². The minimum Gasteiger partial charge on any atom is -0.457 e. The first-order chi connectivity index (χ1) is 16.5. The molecule has 3 amide bonds. The molecule has 0 spiro atoms. The summed E-state index contributed by atoms with van der Waals surface area (Å²) in [6, 6.07) is 24.3. The number of carbonyl (C=O) groups excluding carboxylic acids is 2. The molecule has 0 radical (unpaired) electrons. The molecule has 0 aliphatic carbocycles. The van der Waals surface area contributed by atoms with Crippen molar-refractivity contribution in [2.24, 2.45) is 0 Å². The molecule has 3 aromatic rings. The van der Waals surface area contributed by atoms with Crippen LogP contribution in [0.3, 0.4) is 0 Å². The van der Waals surface area contributed by atoms with Gasteiger partial charge in [0.1, 0.15) is 11.5 Å². The van der Waals surface area contributed by atoms with Gasteiger partial charge in [0.15, 0.2) is 0 Å². The van der Waals surface area contributed by atoms with Gasteiger partial charge < -0.3 is 15.4 Å². The molecule has 0 bridgehead atoms. The van der Waals surface area contributed by atoms with Gasteiger partial charge in [-0.1, -0.05) is 50.1 Å². The van der Waals surface area contributed by atoms with E-state index in [9.17, 15) is 9.59 Å². The summed E-state index contributed by atoms with van der Waals surface area (Å²) in [6.07, 6.45) is 3.50. The molecule has 0 unspecified atom stereocenters. The van der Waals surface area contributed by atoms with Gasteiger partial charge in [-0.15, -0.1) is 0 Å². The smallest absolute Gasteiger partial charge is 0.326 e. The van der Waals surface area contributed by atoms with E-state index in [1.165, 1.54) is 0 Å². The van der Waals surface area contributed by atoms with E-state index in [4.69, 9.17) is 4.74 Å². The summed E-state index contributed by atoms with van der Waals surface area (Å²) in [7, 11) is 0. The summed E-state index contributed by atoms with van der Waals surface area (Å²) >= 11 is 0. The number of hydrogen-bond donors (Lipinski definition) is 2. The number of nitrogens with zero attached hydrogens (tertiary/aromatic N) is 1. The van der Waals surface area contributed by atoms with E-state index in [0.29, 0.717) is 30.9 Å². The molecule has 0 saturated heterocycles. The Bertz CT molecular complexity index is 1050. The van der Waals surface area contributed by atoms with Gasteiger partial charge in [0.25, 0.3) is 0 Å². The van der Waals surface area contributed by atoms with Gasteiger partial charge in [-0.25, -0.2) is 4.79 Å². The lowest BCUT2D eigenvalue weighted by Crippen LogP contribution is -2.41. The van der Waals surface area contributed by atoms with Crippen LogP contribution < -0.4 is 20.3 Å². The fraction of sp³-hybridized carbons (Fsp3) is 0.286. The normalized spacial score (nSPS) is 10.4. The quantitative estimate of drug-likeness (QED) is 0.321. The number of benzene rings is 3. The highest BCUT2D eigenvalue weighted by atomic mass is 16.5. The van der Waals surface area contributed by atoms with Crippen molar-refractivity contribution in [2.75, 3.05) is 23.3 Å². The van der Waals surface area contributed by atoms with Crippen LogP contribution in [0, 0.1) is 6.92 Å². The molecule has 0 atom stereocenters. The van der Waals surface area contributed by atoms with Gasteiger partial charge in [0.05, 0.1) is 0 Å². The highest BCUT2D eigenvalue weighted by Crippen LogP contribution is 2.25. The third-order valence-corrected chi connectivity index (χ3v) is 5.31. The number of rotatable bonds is 11. The Kier molecular flexibility index (Phi) is 9.52. The predicted molar refractivity (Wildman–Crippen MR) is 138 cm³/mol. The SMILES string of the molecule is CCCCCC(=O)NCCN(C(=O)Nc1cccc(C)c1)c1ccc(Oc2ccccc2)cc1. The highest BCUT2D eigenvalue weighted by Gasteiger charge is 2.17. The first-order valence-corrected chi connectivity index (χ1v) is 11.8. The molecule has 0 aromatic heterocycles. The number of anilines is 2. The van der Waals surface area contributed by atoms with E-state index in [1.54, 1.807) is 4.90 Å². The molecule has 3 aromatic carbocycles. The molecule has 178 valence electrons. The largest absolute Gasteiger partial charge is 0.457 e. The maximum absolute atomic E-state index is 13.2. The monoisotopic (exact) mass is 459 g/mol. The minimum absolute atomic E-state index is 0.0131. The summed E-state index contributed by atoms with van der Waals surface area (Å²) in [5.74, 6) is 1.44. The lowest BCUT2D eigenvalue weighted by molar-refractivity contribution is -0.121. The molecule has 6 nitrogen and oxygen atoms in total. The maximum Gasteiger partial charge on any atom is 0.326 e. The second kappa shape index (κ2) is 13.0. The molecule has 0 aliphatic heterocycles. The zero-order valence-corrected chi connectivity index (χ0v) is 19.9. The molecular formula is C28H33N3O3. The van der Waals surface area contributed by atoms with Crippen LogP contribution in [0.2, 0.25) is 0 Å². The van der Waals surface area contributed by atoms with Crippen molar-refractivity contribution >= 4 is 23.3 Å². The molecule has 6 heteroatoms. The molecule has 3 rings (SSSR count). The molecule has 0 fully saturated rings. The molecule has 34 heavy (non-hydrogen) atoms. The van der Waals surface area contributed by atoms with Crippen LogP contribution in [0.4, 0.5) is 16.2 Å². The van der Waals surface area contributed by atoms with Crippen LogP contribution in [0.15, 0.2) is 78.9 Å². The Morgan fingerprint density at radius 3 is 2.32 bits per heavy atom. The zero-order valence-electron chi connectivity index (χ0n) is 19.9. The van der Waals surface area contributed by atoms with E-state index in [-0.39, 0.29) is 11.9 Å². The lowest BCUT2D eigenvalue weighted by Gasteiger charge is -2.24. The Hall–Kier alpha value is -3.80. The van der Waals surface area contributed by atoms with E-state index in [0.717, 1.165) is 36.3 Å². The van der Waals surface area contributed by atoms with E-state index in [2.05, 4.69) is 17.6 Å². The van der Waals surface area contributed by atoms with E-state index < -0.39 is 0 Å². The average Bonchev–Trinajstić information content (AvgIpc) is 2.83. The van der Waals surface area contributed by atoms with Crippen LogP contribution in [0.25, 0.3) is 0 Å². The van der Waals surface area contributed by atoms with Crippen molar-refractivity contribution in [1.29, 1.82) is 0 Å². The molecule has 0 heterocycles. The van der Waals surface area contributed by atoms with Gasteiger partial charge in [0, 0.05) is 30.9 Å². The predicted octanol–water partition coefficient (Wildman–Crippen LogP) is 6.52. The van der Waals surface area contributed by atoms with E-state index in [1.807, 2.05) is 85.8 Å². The molecular weight excluding hydrogens is 426 g/mol. The summed E-state index contributed by atoms with van der Waals surface area (Å²) in [4.78, 5) is 26.9. The van der Waals surface area contributed by atoms with Crippen LogP contribution >= 0.6 is 0 Å². The van der Waals surface area contributed by atoms with Crippen LogP contribution in [0.5, 0.6) is 11.5 Å². The molecule has 2 N–H and O–H groups in total. The summed E-state index contributed by atoms with van der Waals surface area (Å²) in [5.41, 5.74) is 2.50. The van der Waals surface area contributed by atoms with Crippen LogP contribution in [0.1, 0.15) is 38.2 Å². The lowest BCUT2D eigenvalue weighted by atomic mass is 10.2. The second-order valence-electron chi connectivity index (χ2n) is 8.17. The number of urea groups is 1. The van der Waals surface area contributed by atoms with Crippen molar-refractivity contribution in [3.05, 3.63) is 84.4 Å². The second-order valence-corrected chi connectivity index (χ2v) is 8.17. The Morgan fingerprint density at radius 1 is 0.882 bits per heavy atom. The Balaban J connectivity index is 1.68. The van der Waals surface area contributed by atoms with Crippen LogP contribution in [-0.4, -0.2) is 25.0 Å². The number of para-hydroxylation sites is 1. The van der Waals surface area contributed by atoms with Crippen molar-refractivity contribution in [3.63, 3.8) is 0 Å². The third kappa shape index (κ3) is 7.96. The topological polar surface area (TPSA) is 70.7 Å². The first kappa shape index (κ1) is 24.8. The number of hydrogen-bond acceptors (Lipinski definition) is 3. The number of ether oxygens (including phenoxy) is 1. The van der Waals surface area contributed by atoms with Crippen molar-refractivity contribution in [2.45, 2.75) is 39.5 Å².